The topological polar surface area (TPSA) is 37.0 Å². The highest BCUT2D eigenvalue weighted by atomic mass is 32.2. The van der Waals surface area contributed by atoms with E-state index < -0.39 is 0 Å². The predicted molar refractivity (Wildman–Crippen MR) is 72.8 cm³/mol. The van der Waals surface area contributed by atoms with Crippen molar-refractivity contribution in [1.82, 2.24) is 15.0 Å². The molecule has 0 aromatic carbocycles. The van der Waals surface area contributed by atoms with Crippen molar-refractivity contribution in [2.75, 3.05) is 25.1 Å². The van der Waals surface area contributed by atoms with Crippen molar-refractivity contribution in [3.8, 4) is 0 Å². The lowest BCUT2D eigenvalue weighted by Gasteiger charge is -2.05. The first kappa shape index (κ1) is 12.7. The number of aromatic nitrogens is 1. The van der Waals surface area contributed by atoms with Gasteiger partial charge in [0.1, 0.15) is 0 Å². The van der Waals surface area contributed by atoms with E-state index in [-0.39, 0.29) is 0 Å². The van der Waals surface area contributed by atoms with Crippen molar-refractivity contribution < 1.29 is 0 Å². The fourth-order valence-electron chi connectivity index (χ4n) is 0.970. The molecule has 1 rings (SSSR count). The molecule has 0 amide bonds. The van der Waals surface area contributed by atoms with Crippen molar-refractivity contribution in [2.45, 2.75) is 6.42 Å². The average molecular weight is 261 g/mol. The van der Waals surface area contributed by atoms with Crippen molar-refractivity contribution in [3.63, 3.8) is 0 Å². The van der Waals surface area contributed by atoms with Crippen LogP contribution in [0.4, 0.5) is 0 Å². The molecule has 0 aliphatic carbocycles. The fraction of sp³-hybridized carbons (Fsp3) is 0.556. The summed E-state index contributed by atoms with van der Waals surface area (Å²) in [6.07, 6.45) is 1.06. The Morgan fingerprint density at radius 3 is 3.13 bits per heavy atom. The molecule has 15 heavy (non-hydrogen) atoms. The Morgan fingerprint density at radius 2 is 2.47 bits per heavy atom. The van der Waals surface area contributed by atoms with E-state index in [4.69, 9.17) is 12.2 Å². The van der Waals surface area contributed by atoms with E-state index in [1.54, 1.807) is 0 Å². The molecule has 0 saturated carbocycles. The monoisotopic (exact) mass is 261 g/mol. The minimum Gasteiger partial charge on any atom is -0.366 e. The molecular weight excluding hydrogens is 246 g/mol. The summed E-state index contributed by atoms with van der Waals surface area (Å²) in [6.45, 7) is 0.918. The van der Waals surface area contributed by atoms with Gasteiger partial charge < -0.3 is 10.6 Å². The number of hydrogen-bond donors (Lipinski definition) is 2. The van der Waals surface area contributed by atoms with E-state index in [0.29, 0.717) is 0 Å². The molecular formula is C9H15N3S3. The van der Waals surface area contributed by atoms with Gasteiger partial charge in [-0.25, -0.2) is 0 Å². The molecule has 0 aliphatic heterocycles. The number of thiocarbonyl (C=S) groups is 1. The largest absolute Gasteiger partial charge is 0.366 e. The fourth-order valence-corrected chi connectivity index (χ4v) is 2.44. The van der Waals surface area contributed by atoms with Crippen LogP contribution in [0.5, 0.6) is 0 Å². The summed E-state index contributed by atoms with van der Waals surface area (Å²) in [5.74, 6) is 2.20. The number of hydrogen-bond acceptors (Lipinski definition) is 4. The minimum absolute atomic E-state index is 0.718. The second kappa shape index (κ2) is 7.90. The number of thioether (sulfide) groups is 1. The molecule has 84 valence electrons. The third-order valence-corrected chi connectivity index (χ3v) is 3.68. The lowest BCUT2D eigenvalue weighted by atomic mass is 10.3. The Bertz CT molecular complexity index is 274. The molecule has 6 heteroatoms. The van der Waals surface area contributed by atoms with E-state index >= 15 is 0 Å². The van der Waals surface area contributed by atoms with Gasteiger partial charge in [0.05, 0.1) is 5.69 Å². The first-order valence-corrected chi connectivity index (χ1v) is 7.15. The van der Waals surface area contributed by atoms with E-state index in [1.807, 2.05) is 24.2 Å². The van der Waals surface area contributed by atoms with Crippen LogP contribution in [-0.2, 0) is 6.42 Å². The first-order chi connectivity index (χ1) is 7.33. The van der Waals surface area contributed by atoms with Crippen LogP contribution in [0.1, 0.15) is 5.69 Å². The first-order valence-electron chi connectivity index (χ1n) is 4.75. The third-order valence-electron chi connectivity index (χ3n) is 1.75. The van der Waals surface area contributed by atoms with Crippen LogP contribution in [0.2, 0.25) is 0 Å². The van der Waals surface area contributed by atoms with Gasteiger partial charge in [0.25, 0.3) is 0 Å². The van der Waals surface area contributed by atoms with Crippen LogP contribution in [0.15, 0.2) is 11.4 Å². The van der Waals surface area contributed by atoms with E-state index in [2.05, 4.69) is 21.1 Å². The summed E-state index contributed by atoms with van der Waals surface area (Å²) in [5, 5.41) is 8.73. The van der Waals surface area contributed by atoms with Gasteiger partial charge in [0, 0.05) is 24.7 Å². The molecule has 0 radical (unpaired) electrons. The summed E-state index contributed by atoms with van der Waals surface area (Å²) in [7, 11) is 1.82. The van der Waals surface area contributed by atoms with Crippen LogP contribution in [-0.4, -0.2) is 34.6 Å². The molecule has 3 nitrogen and oxygen atoms in total. The Balaban J connectivity index is 1.91. The van der Waals surface area contributed by atoms with Crippen LogP contribution < -0.4 is 10.6 Å². The lowest BCUT2D eigenvalue weighted by Crippen LogP contribution is -2.33. The zero-order valence-corrected chi connectivity index (χ0v) is 11.1. The highest BCUT2D eigenvalue weighted by Gasteiger charge is 1.95. The van der Waals surface area contributed by atoms with Crippen molar-refractivity contribution in [1.29, 1.82) is 0 Å². The van der Waals surface area contributed by atoms with Gasteiger partial charge in [-0.2, -0.15) is 16.1 Å². The van der Waals surface area contributed by atoms with Crippen LogP contribution in [0, 0.1) is 0 Å². The summed E-state index contributed by atoms with van der Waals surface area (Å²) in [5.41, 5.74) is 1.20. The molecule has 0 aliphatic rings. The lowest BCUT2D eigenvalue weighted by molar-refractivity contribution is 0.942. The van der Waals surface area contributed by atoms with Gasteiger partial charge in [-0.05, 0) is 42.0 Å². The number of rotatable bonds is 6. The second-order valence-corrected chi connectivity index (χ2v) is 5.16. The number of nitrogens with zero attached hydrogens (tertiary/aromatic N) is 1. The normalized spacial score (nSPS) is 9.93. The zero-order valence-electron chi connectivity index (χ0n) is 8.66. The van der Waals surface area contributed by atoms with Crippen molar-refractivity contribution >= 4 is 40.6 Å². The highest BCUT2D eigenvalue weighted by molar-refractivity contribution is 7.99. The Kier molecular flexibility index (Phi) is 6.71. The quantitative estimate of drug-likeness (QED) is 0.600. The van der Waals surface area contributed by atoms with E-state index in [9.17, 15) is 0 Å². The summed E-state index contributed by atoms with van der Waals surface area (Å²) in [4.78, 5) is 0. The molecule has 1 aromatic heterocycles. The molecule has 0 fully saturated rings. The molecule has 0 atom stereocenters. The van der Waals surface area contributed by atoms with Gasteiger partial charge in [-0.1, -0.05) is 0 Å². The Morgan fingerprint density at radius 1 is 1.60 bits per heavy atom. The van der Waals surface area contributed by atoms with E-state index in [1.165, 1.54) is 17.2 Å². The van der Waals surface area contributed by atoms with E-state index in [0.717, 1.165) is 29.6 Å². The number of nitrogens with one attached hydrogen (secondary N) is 2. The van der Waals surface area contributed by atoms with Crippen LogP contribution >= 0.6 is 35.5 Å². The molecule has 0 bridgehead atoms. The molecule has 1 heterocycles. The Hall–Kier alpha value is -0.330. The number of aryl methyl sites for hydroxylation is 1. The van der Waals surface area contributed by atoms with Gasteiger partial charge in [0.2, 0.25) is 0 Å². The minimum atomic E-state index is 0.718. The van der Waals surface area contributed by atoms with Gasteiger partial charge in [-0.15, -0.1) is 0 Å². The maximum atomic E-state index is 4.96. The molecule has 0 saturated heterocycles. The molecule has 1 aromatic rings. The van der Waals surface area contributed by atoms with Gasteiger partial charge in [0.15, 0.2) is 5.11 Å². The maximum Gasteiger partial charge on any atom is 0.166 e. The van der Waals surface area contributed by atoms with Crippen LogP contribution in [0.25, 0.3) is 0 Å². The second-order valence-electron chi connectivity index (χ2n) is 2.86. The summed E-state index contributed by atoms with van der Waals surface area (Å²) >= 11 is 8.39. The summed E-state index contributed by atoms with van der Waals surface area (Å²) in [6, 6.07) is 2.08. The van der Waals surface area contributed by atoms with Crippen LogP contribution in [0.3, 0.4) is 0 Å². The third kappa shape index (κ3) is 5.96. The highest BCUT2D eigenvalue weighted by Crippen LogP contribution is 2.06. The van der Waals surface area contributed by atoms with Crippen molar-refractivity contribution in [3.05, 3.63) is 17.1 Å². The Labute approximate surface area is 104 Å². The molecule has 0 unspecified atom stereocenters. The SMILES string of the molecule is CNC(=S)NCCSCCc1ccsn1. The maximum absolute atomic E-state index is 4.96. The van der Waals surface area contributed by atoms with Gasteiger partial charge in [-0.3, -0.25) is 0 Å². The average Bonchev–Trinajstić information content (AvgIpc) is 2.75. The smallest absolute Gasteiger partial charge is 0.166 e. The molecule has 0 spiro atoms. The predicted octanol–water partition coefficient (Wildman–Crippen LogP) is 1.51. The standard InChI is InChI=1S/C9H15N3S3/c1-10-9(13)11-4-7-14-5-2-8-3-6-15-12-8/h3,6H,2,4-5,7H2,1H3,(H2,10,11,13). The van der Waals surface area contributed by atoms with Crippen molar-refractivity contribution in [2.24, 2.45) is 0 Å². The summed E-state index contributed by atoms with van der Waals surface area (Å²) < 4.78 is 4.26. The molecule has 2 N–H and O–H groups in total. The zero-order chi connectivity index (χ0) is 10.9. The van der Waals surface area contributed by atoms with Gasteiger partial charge >= 0.3 is 0 Å².